The molecule has 14 heavy (non-hydrogen) atoms. The fraction of sp³-hybridized carbons (Fsp3) is 1.00. The molecule has 1 rings (SSSR count). The molecule has 0 radical (unpaired) electrons. The van der Waals surface area contributed by atoms with Crippen molar-refractivity contribution in [2.75, 3.05) is 13.6 Å². The van der Waals surface area contributed by atoms with Crippen LogP contribution >= 0.6 is 0 Å². The lowest BCUT2D eigenvalue weighted by Gasteiger charge is -2.31. The lowest BCUT2D eigenvalue weighted by atomic mass is 9.89. The summed E-state index contributed by atoms with van der Waals surface area (Å²) in [6.07, 6.45) is 9.40. The molecule has 1 saturated carbocycles. The molecule has 0 aliphatic heterocycles. The molecule has 0 spiro atoms. The van der Waals surface area contributed by atoms with Crippen molar-refractivity contribution in [1.29, 1.82) is 0 Å². The van der Waals surface area contributed by atoms with Gasteiger partial charge in [0, 0.05) is 12.1 Å². The summed E-state index contributed by atoms with van der Waals surface area (Å²) in [6, 6.07) is 0. The van der Waals surface area contributed by atoms with Crippen molar-refractivity contribution in [1.82, 2.24) is 5.32 Å². The van der Waals surface area contributed by atoms with E-state index in [1.165, 1.54) is 44.9 Å². The van der Waals surface area contributed by atoms with Crippen LogP contribution in [-0.2, 0) is 0 Å². The first-order valence-corrected chi connectivity index (χ1v) is 6.15. The van der Waals surface area contributed by atoms with E-state index in [1.54, 1.807) is 0 Å². The van der Waals surface area contributed by atoms with Crippen LogP contribution in [0, 0.1) is 5.92 Å². The van der Waals surface area contributed by atoms with E-state index < -0.39 is 0 Å². The number of hydrogen-bond donors (Lipinski definition) is 2. The first-order chi connectivity index (χ1) is 6.76. The molecule has 2 heteroatoms. The zero-order chi connectivity index (χ0) is 10.4. The molecule has 3 N–H and O–H groups in total. The van der Waals surface area contributed by atoms with Gasteiger partial charge in [0.05, 0.1) is 0 Å². The molecule has 0 aromatic carbocycles. The predicted molar refractivity (Wildman–Crippen MR) is 62.3 cm³/mol. The highest BCUT2D eigenvalue weighted by atomic mass is 15.0. The van der Waals surface area contributed by atoms with Gasteiger partial charge in [-0.05, 0) is 32.2 Å². The standard InChI is InChI=1S/C12H26N2/c1-3-5-11-6-4-8-12(10-13,14-2)9-7-11/h11,14H,3-10,13H2,1-2H3. The van der Waals surface area contributed by atoms with Gasteiger partial charge in [-0.2, -0.15) is 0 Å². The zero-order valence-electron chi connectivity index (χ0n) is 9.81. The number of likely N-dealkylation sites (N-methyl/N-ethyl adjacent to an activating group) is 1. The second-order valence-electron chi connectivity index (χ2n) is 4.82. The molecule has 2 atom stereocenters. The summed E-state index contributed by atoms with van der Waals surface area (Å²) in [4.78, 5) is 0. The Bertz CT molecular complexity index is 152. The summed E-state index contributed by atoms with van der Waals surface area (Å²) >= 11 is 0. The van der Waals surface area contributed by atoms with Gasteiger partial charge in [0.15, 0.2) is 0 Å². The molecule has 2 nitrogen and oxygen atoms in total. The third-order valence-corrected chi connectivity index (χ3v) is 3.92. The van der Waals surface area contributed by atoms with Gasteiger partial charge in [0.2, 0.25) is 0 Å². The number of nitrogens with one attached hydrogen (secondary N) is 1. The Kier molecular flexibility index (Phi) is 4.90. The highest BCUT2D eigenvalue weighted by Gasteiger charge is 2.29. The molecule has 1 fully saturated rings. The summed E-state index contributed by atoms with van der Waals surface area (Å²) < 4.78 is 0. The largest absolute Gasteiger partial charge is 0.329 e. The molecule has 2 unspecified atom stereocenters. The minimum Gasteiger partial charge on any atom is -0.329 e. The van der Waals surface area contributed by atoms with Gasteiger partial charge in [-0.25, -0.2) is 0 Å². The second-order valence-corrected chi connectivity index (χ2v) is 4.82. The summed E-state index contributed by atoms with van der Waals surface area (Å²) in [5, 5.41) is 3.44. The summed E-state index contributed by atoms with van der Waals surface area (Å²) in [6.45, 7) is 3.08. The Labute approximate surface area is 88.6 Å². The topological polar surface area (TPSA) is 38.0 Å². The SMILES string of the molecule is CCCC1CCCC(CN)(NC)CC1. The summed E-state index contributed by atoms with van der Waals surface area (Å²) in [5.41, 5.74) is 6.13. The molecule has 0 aromatic heterocycles. The Hall–Kier alpha value is -0.0800. The van der Waals surface area contributed by atoms with Crippen molar-refractivity contribution >= 4 is 0 Å². The Morgan fingerprint density at radius 3 is 2.71 bits per heavy atom. The van der Waals surface area contributed by atoms with Crippen LogP contribution in [0.3, 0.4) is 0 Å². The molecule has 0 heterocycles. The van der Waals surface area contributed by atoms with Gasteiger partial charge in [0.25, 0.3) is 0 Å². The highest BCUT2D eigenvalue weighted by Crippen LogP contribution is 2.31. The van der Waals surface area contributed by atoms with Crippen molar-refractivity contribution < 1.29 is 0 Å². The van der Waals surface area contributed by atoms with E-state index in [2.05, 4.69) is 19.3 Å². The summed E-state index contributed by atoms with van der Waals surface area (Å²) in [7, 11) is 2.06. The molecule has 0 aromatic rings. The monoisotopic (exact) mass is 198 g/mol. The van der Waals surface area contributed by atoms with Crippen LogP contribution in [0.15, 0.2) is 0 Å². The van der Waals surface area contributed by atoms with Crippen LogP contribution in [0.2, 0.25) is 0 Å². The molecular weight excluding hydrogens is 172 g/mol. The predicted octanol–water partition coefficient (Wildman–Crippen LogP) is 2.28. The first kappa shape index (κ1) is 12.0. The van der Waals surface area contributed by atoms with Crippen LogP contribution in [0.5, 0.6) is 0 Å². The number of rotatable bonds is 4. The van der Waals surface area contributed by atoms with E-state index in [-0.39, 0.29) is 5.54 Å². The van der Waals surface area contributed by atoms with Crippen molar-refractivity contribution in [3.63, 3.8) is 0 Å². The smallest absolute Gasteiger partial charge is 0.0301 e. The van der Waals surface area contributed by atoms with Gasteiger partial charge in [-0.1, -0.05) is 32.6 Å². The van der Waals surface area contributed by atoms with Crippen molar-refractivity contribution in [2.45, 2.75) is 57.4 Å². The lowest BCUT2D eigenvalue weighted by molar-refractivity contribution is 0.308. The van der Waals surface area contributed by atoms with E-state index in [0.717, 1.165) is 12.5 Å². The molecule has 1 aliphatic rings. The Morgan fingerprint density at radius 1 is 1.36 bits per heavy atom. The third-order valence-electron chi connectivity index (χ3n) is 3.92. The average molecular weight is 198 g/mol. The molecule has 0 amide bonds. The van der Waals surface area contributed by atoms with E-state index in [0.29, 0.717) is 0 Å². The molecule has 0 bridgehead atoms. The first-order valence-electron chi connectivity index (χ1n) is 6.15. The van der Waals surface area contributed by atoms with Gasteiger partial charge in [-0.3, -0.25) is 0 Å². The Balaban J connectivity index is 2.46. The van der Waals surface area contributed by atoms with Gasteiger partial charge < -0.3 is 11.1 Å². The van der Waals surface area contributed by atoms with Crippen molar-refractivity contribution in [3.8, 4) is 0 Å². The van der Waals surface area contributed by atoms with Crippen LogP contribution in [0.1, 0.15) is 51.9 Å². The maximum atomic E-state index is 5.88. The van der Waals surface area contributed by atoms with E-state index >= 15 is 0 Å². The average Bonchev–Trinajstić information content (AvgIpc) is 2.42. The van der Waals surface area contributed by atoms with E-state index in [1.807, 2.05) is 0 Å². The van der Waals surface area contributed by atoms with Crippen LogP contribution in [0.4, 0.5) is 0 Å². The van der Waals surface area contributed by atoms with Gasteiger partial charge >= 0.3 is 0 Å². The maximum Gasteiger partial charge on any atom is 0.0301 e. The number of nitrogens with two attached hydrogens (primary N) is 1. The molecule has 84 valence electrons. The summed E-state index contributed by atoms with van der Waals surface area (Å²) in [5.74, 6) is 0.960. The maximum absolute atomic E-state index is 5.88. The molecule has 0 saturated heterocycles. The second kappa shape index (κ2) is 5.72. The zero-order valence-corrected chi connectivity index (χ0v) is 9.81. The minimum absolute atomic E-state index is 0.252. The van der Waals surface area contributed by atoms with Gasteiger partial charge in [-0.15, -0.1) is 0 Å². The van der Waals surface area contributed by atoms with Crippen LogP contribution in [-0.4, -0.2) is 19.1 Å². The van der Waals surface area contributed by atoms with Gasteiger partial charge in [0.1, 0.15) is 0 Å². The fourth-order valence-electron chi connectivity index (χ4n) is 2.73. The molecule has 1 aliphatic carbocycles. The lowest BCUT2D eigenvalue weighted by Crippen LogP contribution is -2.48. The normalized spacial score (nSPS) is 34.1. The van der Waals surface area contributed by atoms with Crippen LogP contribution in [0.25, 0.3) is 0 Å². The Morgan fingerprint density at radius 2 is 2.14 bits per heavy atom. The highest BCUT2D eigenvalue weighted by molar-refractivity contribution is 4.90. The van der Waals surface area contributed by atoms with Crippen molar-refractivity contribution in [2.24, 2.45) is 11.7 Å². The quantitative estimate of drug-likeness (QED) is 0.680. The van der Waals surface area contributed by atoms with E-state index in [4.69, 9.17) is 5.73 Å². The number of hydrogen-bond acceptors (Lipinski definition) is 2. The van der Waals surface area contributed by atoms with E-state index in [9.17, 15) is 0 Å². The minimum atomic E-state index is 0.252. The third kappa shape index (κ3) is 2.96. The molecular formula is C12H26N2. The fourth-order valence-corrected chi connectivity index (χ4v) is 2.73. The van der Waals surface area contributed by atoms with Crippen molar-refractivity contribution in [3.05, 3.63) is 0 Å². The van der Waals surface area contributed by atoms with Crippen LogP contribution < -0.4 is 11.1 Å².